The number of carbonyl (C=O) groups is 1. The summed E-state index contributed by atoms with van der Waals surface area (Å²) in [6.07, 6.45) is 0.737. The largest absolute Gasteiger partial charge is 0.331 e. The Balaban J connectivity index is 2.03. The lowest BCUT2D eigenvalue weighted by molar-refractivity contribution is 0.248. The van der Waals surface area contributed by atoms with E-state index in [1.165, 1.54) is 12.1 Å². The number of benzene rings is 2. The molecule has 2 rings (SSSR count). The number of nitrogens with one attached hydrogen (secondary N) is 2. The number of halogens is 2. The van der Waals surface area contributed by atoms with Gasteiger partial charge in [-0.05, 0) is 30.2 Å². The first-order chi connectivity index (χ1) is 10.1. The van der Waals surface area contributed by atoms with Crippen LogP contribution in [0.1, 0.15) is 24.9 Å². The minimum atomic E-state index is -0.564. The van der Waals surface area contributed by atoms with Gasteiger partial charge in [-0.3, -0.25) is 0 Å². The van der Waals surface area contributed by atoms with E-state index in [-0.39, 0.29) is 16.8 Å². The molecule has 0 saturated carbocycles. The fraction of sp³-hybridized carbons (Fsp3) is 0.188. The third-order valence-corrected chi connectivity index (χ3v) is 3.33. The molecule has 110 valence electrons. The molecule has 0 aromatic heterocycles. The summed E-state index contributed by atoms with van der Waals surface area (Å²) in [6.45, 7) is 1.97. The van der Waals surface area contributed by atoms with Crippen molar-refractivity contribution in [2.75, 3.05) is 5.32 Å². The van der Waals surface area contributed by atoms with Crippen LogP contribution >= 0.6 is 11.6 Å². The summed E-state index contributed by atoms with van der Waals surface area (Å²) >= 11 is 5.67. The summed E-state index contributed by atoms with van der Waals surface area (Å²) in [5.41, 5.74) is 1.10. The molecule has 0 radical (unpaired) electrons. The van der Waals surface area contributed by atoms with E-state index in [0.717, 1.165) is 18.1 Å². The fourth-order valence-corrected chi connectivity index (χ4v) is 2.17. The smallest absolute Gasteiger partial charge is 0.319 e. The zero-order valence-corrected chi connectivity index (χ0v) is 12.3. The third-order valence-electron chi connectivity index (χ3n) is 3.09. The van der Waals surface area contributed by atoms with E-state index in [9.17, 15) is 9.18 Å². The Labute approximate surface area is 128 Å². The quantitative estimate of drug-likeness (QED) is 0.840. The number of urea groups is 1. The second-order valence-electron chi connectivity index (χ2n) is 4.59. The summed E-state index contributed by atoms with van der Waals surface area (Å²) in [5.74, 6) is -0.564. The van der Waals surface area contributed by atoms with Gasteiger partial charge in [-0.25, -0.2) is 9.18 Å². The fourth-order valence-electron chi connectivity index (χ4n) is 2.01. The first-order valence-electron chi connectivity index (χ1n) is 6.67. The lowest BCUT2D eigenvalue weighted by atomic mass is 10.1. The molecule has 0 saturated heterocycles. The van der Waals surface area contributed by atoms with E-state index in [1.54, 1.807) is 0 Å². The van der Waals surface area contributed by atoms with Crippen molar-refractivity contribution in [3.8, 4) is 0 Å². The average molecular weight is 307 g/mol. The molecule has 0 bridgehead atoms. The number of rotatable bonds is 4. The van der Waals surface area contributed by atoms with E-state index >= 15 is 0 Å². The highest BCUT2D eigenvalue weighted by molar-refractivity contribution is 6.30. The second-order valence-corrected chi connectivity index (χ2v) is 5.03. The molecule has 2 N–H and O–H groups in total. The highest BCUT2D eigenvalue weighted by Gasteiger charge is 2.13. The average Bonchev–Trinajstić information content (AvgIpc) is 2.48. The highest BCUT2D eigenvalue weighted by atomic mass is 35.5. The van der Waals surface area contributed by atoms with Crippen LogP contribution in [0.3, 0.4) is 0 Å². The lowest BCUT2D eigenvalue weighted by Gasteiger charge is -2.18. The minimum Gasteiger partial charge on any atom is -0.331 e. The van der Waals surface area contributed by atoms with Crippen molar-refractivity contribution in [1.82, 2.24) is 5.32 Å². The van der Waals surface area contributed by atoms with Gasteiger partial charge in [0.05, 0.1) is 11.7 Å². The molecule has 0 aliphatic heterocycles. The van der Waals surface area contributed by atoms with Crippen LogP contribution in [0.4, 0.5) is 14.9 Å². The lowest BCUT2D eigenvalue weighted by Crippen LogP contribution is -2.32. The summed E-state index contributed by atoms with van der Waals surface area (Å²) in [6, 6.07) is 13.2. The van der Waals surface area contributed by atoms with Crippen LogP contribution < -0.4 is 10.6 Å². The molecule has 0 heterocycles. The van der Waals surface area contributed by atoms with Crippen LogP contribution in [0.5, 0.6) is 0 Å². The first kappa shape index (κ1) is 15.3. The van der Waals surface area contributed by atoms with Crippen LogP contribution in [-0.4, -0.2) is 6.03 Å². The number of anilines is 1. The van der Waals surface area contributed by atoms with E-state index in [4.69, 9.17) is 11.6 Å². The molecule has 5 heteroatoms. The van der Waals surface area contributed by atoms with Gasteiger partial charge in [0, 0.05) is 5.02 Å². The maximum absolute atomic E-state index is 13.6. The summed E-state index contributed by atoms with van der Waals surface area (Å²) in [4.78, 5) is 12.0. The summed E-state index contributed by atoms with van der Waals surface area (Å²) in [7, 11) is 0. The Hall–Kier alpha value is -2.07. The normalized spacial score (nSPS) is 11.8. The maximum Gasteiger partial charge on any atom is 0.319 e. The Kier molecular flexibility index (Phi) is 5.17. The summed E-state index contributed by atoms with van der Waals surface area (Å²) < 4.78 is 13.6. The number of amides is 2. The SMILES string of the molecule is CCC(NC(=O)Nc1ccc(Cl)cc1F)c1ccccc1. The van der Waals surface area contributed by atoms with Gasteiger partial charge in [-0.1, -0.05) is 48.9 Å². The molecule has 0 aliphatic carbocycles. The van der Waals surface area contributed by atoms with Gasteiger partial charge in [0.2, 0.25) is 0 Å². The molecule has 0 fully saturated rings. The standard InChI is InChI=1S/C16H16ClFN2O/c1-2-14(11-6-4-3-5-7-11)19-16(21)20-15-9-8-12(17)10-13(15)18/h3-10,14H,2H2,1H3,(H2,19,20,21). The number of carbonyl (C=O) groups excluding carboxylic acids is 1. The van der Waals surface area contributed by atoms with E-state index in [0.29, 0.717) is 0 Å². The van der Waals surface area contributed by atoms with Crippen molar-refractivity contribution < 1.29 is 9.18 Å². The van der Waals surface area contributed by atoms with E-state index < -0.39 is 11.8 Å². The Morgan fingerprint density at radius 1 is 1.24 bits per heavy atom. The minimum absolute atomic E-state index is 0.0971. The topological polar surface area (TPSA) is 41.1 Å². The van der Waals surface area contributed by atoms with E-state index in [1.807, 2.05) is 37.3 Å². The Morgan fingerprint density at radius 3 is 2.57 bits per heavy atom. The Bertz CT molecular complexity index is 619. The van der Waals surface area contributed by atoms with Crippen molar-refractivity contribution in [3.05, 3.63) is 64.9 Å². The van der Waals surface area contributed by atoms with Gasteiger partial charge in [0.1, 0.15) is 5.82 Å². The third kappa shape index (κ3) is 4.20. The molecule has 0 aliphatic rings. The molecule has 1 atom stereocenters. The molecule has 2 aromatic rings. The van der Waals surface area contributed by atoms with Crippen molar-refractivity contribution in [1.29, 1.82) is 0 Å². The van der Waals surface area contributed by atoms with Crippen LogP contribution in [0.15, 0.2) is 48.5 Å². The van der Waals surface area contributed by atoms with Crippen molar-refractivity contribution in [2.24, 2.45) is 0 Å². The van der Waals surface area contributed by atoms with Gasteiger partial charge in [0.15, 0.2) is 0 Å². The van der Waals surface area contributed by atoms with Gasteiger partial charge in [-0.2, -0.15) is 0 Å². The monoisotopic (exact) mass is 306 g/mol. The van der Waals surface area contributed by atoms with Crippen LogP contribution in [0, 0.1) is 5.82 Å². The predicted molar refractivity (Wildman–Crippen MR) is 83.0 cm³/mol. The van der Waals surface area contributed by atoms with Gasteiger partial charge < -0.3 is 10.6 Å². The molecule has 1 unspecified atom stereocenters. The molecular formula is C16H16ClFN2O. The molecule has 3 nitrogen and oxygen atoms in total. The van der Waals surface area contributed by atoms with Gasteiger partial charge in [-0.15, -0.1) is 0 Å². The predicted octanol–water partition coefficient (Wildman–Crippen LogP) is 4.75. The molecule has 21 heavy (non-hydrogen) atoms. The number of hydrogen-bond acceptors (Lipinski definition) is 1. The van der Waals surface area contributed by atoms with Crippen LogP contribution in [0.25, 0.3) is 0 Å². The van der Waals surface area contributed by atoms with Crippen LogP contribution in [-0.2, 0) is 0 Å². The molecule has 2 amide bonds. The molecule has 0 spiro atoms. The molecule has 2 aromatic carbocycles. The van der Waals surface area contributed by atoms with Crippen molar-refractivity contribution >= 4 is 23.3 Å². The molecular weight excluding hydrogens is 291 g/mol. The zero-order chi connectivity index (χ0) is 15.2. The number of hydrogen-bond donors (Lipinski definition) is 2. The van der Waals surface area contributed by atoms with Crippen LogP contribution in [0.2, 0.25) is 5.02 Å². The van der Waals surface area contributed by atoms with Crippen molar-refractivity contribution in [2.45, 2.75) is 19.4 Å². The van der Waals surface area contributed by atoms with Gasteiger partial charge >= 0.3 is 6.03 Å². The van der Waals surface area contributed by atoms with Crippen molar-refractivity contribution in [3.63, 3.8) is 0 Å². The zero-order valence-electron chi connectivity index (χ0n) is 11.6. The van der Waals surface area contributed by atoms with Gasteiger partial charge in [0.25, 0.3) is 0 Å². The second kappa shape index (κ2) is 7.09. The summed E-state index contributed by atoms with van der Waals surface area (Å²) in [5, 5.41) is 5.60. The Morgan fingerprint density at radius 2 is 1.95 bits per heavy atom. The first-order valence-corrected chi connectivity index (χ1v) is 7.05. The van der Waals surface area contributed by atoms with E-state index in [2.05, 4.69) is 10.6 Å². The highest BCUT2D eigenvalue weighted by Crippen LogP contribution is 2.20. The maximum atomic E-state index is 13.6.